The molecule has 1 aliphatic rings. The number of hydrogen-bond acceptors (Lipinski definition) is 3. The summed E-state index contributed by atoms with van der Waals surface area (Å²) in [7, 11) is -3.07. The second kappa shape index (κ2) is 6.87. The van der Waals surface area contributed by atoms with Crippen LogP contribution in [0.5, 0.6) is 0 Å². The molecular weight excluding hydrogens is 296 g/mol. The number of rotatable bonds is 5. The summed E-state index contributed by atoms with van der Waals surface area (Å²) in [6.07, 6.45) is 4.96. The van der Waals surface area contributed by atoms with Crippen LogP contribution in [-0.4, -0.2) is 36.5 Å². The standard InChI is InChI=1S/C14H21ClN2O2S/c1-2-3-10-20(18,19)17-8-6-12(7-9-17)14-5-4-13(15)11-16-14/h4-5,11-12H,2-3,6-10H2,1H3. The Morgan fingerprint density at radius 3 is 2.60 bits per heavy atom. The summed E-state index contributed by atoms with van der Waals surface area (Å²) < 4.78 is 25.9. The van der Waals surface area contributed by atoms with Crippen molar-refractivity contribution >= 4 is 21.6 Å². The van der Waals surface area contributed by atoms with Crippen molar-refractivity contribution in [2.24, 2.45) is 0 Å². The third kappa shape index (κ3) is 3.93. The van der Waals surface area contributed by atoms with Gasteiger partial charge in [-0.1, -0.05) is 24.9 Å². The van der Waals surface area contributed by atoms with Crippen molar-refractivity contribution in [3.05, 3.63) is 29.0 Å². The van der Waals surface area contributed by atoms with Gasteiger partial charge in [-0.2, -0.15) is 0 Å². The molecule has 1 aromatic heterocycles. The van der Waals surface area contributed by atoms with Crippen molar-refractivity contribution in [2.75, 3.05) is 18.8 Å². The number of hydrogen-bond donors (Lipinski definition) is 0. The van der Waals surface area contributed by atoms with Crippen molar-refractivity contribution in [2.45, 2.75) is 38.5 Å². The molecule has 1 aromatic rings. The Bertz CT molecular complexity index is 523. The fourth-order valence-electron chi connectivity index (χ4n) is 2.51. The van der Waals surface area contributed by atoms with Crippen LogP contribution in [0.3, 0.4) is 0 Å². The highest BCUT2D eigenvalue weighted by Gasteiger charge is 2.28. The number of nitrogens with zero attached hydrogens (tertiary/aromatic N) is 2. The van der Waals surface area contributed by atoms with Crippen molar-refractivity contribution in [1.29, 1.82) is 0 Å². The third-order valence-electron chi connectivity index (χ3n) is 3.77. The molecule has 4 nitrogen and oxygen atoms in total. The van der Waals surface area contributed by atoms with Crippen LogP contribution in [0, 0.1) is 0 Å². The molecule has 0 bridgehead atoms. The predicted molar refractivity (Wildman–Crippen MR) is 81.5 cm³/mol. The van der Waals surface area contributed by atoms with Gasteiger partial charge in [0.1, 0.15) is 0 Å². The molecule has 0 aliphatic carbocycles. The zero-order chi connectivity index (χ0) is 14.6. The van der Waals surface area contributed by atoms with Gasteiger partial charge in [-0.3, -0.25) is 4.98 Å². The quantitative estimate of drug-likeness (QED) is 0.839. The van der Waals surface area contributed by atoms with Gasteiger partial charge in [0.05, 0.1) is 10.8 Å². The summed E-state index contributed by atoms with van der Waals surface area (Å²) in [5.41, 5.74) is 1.01. The van der Waals surface area contributed by atoms with E-state index in [1.807, 2.05) is 19.1 Å². The van der Waals surface area contributed by atoms with Crippen molar-refractivity contribution < 1.29 is 8.42 Å². The monoisotopic (exact) mass is 316 g/mol. The fourth-order valence-corrected chi connectivity index (χ4v) is 4.30. The molecule has 0 unspecified atom stereocenters. The maximum atomic E-state index is 12.1. The molecule has 0 spiro atoms. The van der Waals surface area contributed by atoms with Crippen LogP contribution >= 0.6 is 11.6 Å². The van der Waals surface area contributed by atoms with Crippen LogP contribution in [0.15, 0.2) is 18.3 Å². The summed E-state index contributed by atoms with van der Waals surface area (Å²) in [6.45, 7) is 3.20. The van der Waals surface area contributed by atoms with E-state index in [1.165, 1.54) is 0 Å². The van der Waals surface area contributed by atoms with Crippen LogP contribution in [0.4, 0.5) is 0 Å². The Hall–Kier alpha value is -0.650. The van der Waals surface area contributed by atoms with Crippen molar-refractivity contribution in [1.82, 2.24) is 9.29 Å². The Balaban J connectivity index is 1.93. The smallest absolute Gasteiger partial charge is 0.214 e. The van der Waals surface area contributed by atoms with Gasteiger partial charge in [0.2, 0.25) is 10.0 Å². The summed E-state index contributed by atoms with van der Waals surface area (Å²) in [6, 6.07) is 3.78. The molecule has 0 radical (unpaired) electrons. The number of sulfonamides is 1. The van der Waals surface area contributed by atoms with Crippen LogP contribution < -0.4 is 0 Å². The minimum absolute atomic E-state index is 0.271. The molecule has 112 valence electrons. The van der Waals surface area contributed by atoms with E-state index >= 15 is 0 Å². The summed E-state index contributed by atoms with van der Waals surface area (Å²) in [5.74, 6) is 0.609. The van der Waals surface area contributed by atoms with Crippen molar-refractivity contribution in [3.63, 3.8) is 0 Å². The molecule has 0 amide bonds. The predicted octanol–water partition coefficient (Wildman–Crippen LogP) is 3.04. The Morgan fingerprint density at radius 2 is 2.05 bits per heavy atom. The molecule has 20 heavy (non-hydrogen) atoms. The largest absolute Gasteiger partial charge is 0.259 e. The third-order valence-corrected chi connectivity index (χ3v) is 5.95. The van der Waals surface area contributed by atoms with Gasteiger partial charge in [0.15, 0.2) is 0 Å². The molecule has 0 aromatic carbocycles. The number of pyridine rings is 1. The van der Waals surface area contributed by atoms with Gasteiger partial charge in [0.25, 0.3) is 0 Å². The molecule has 1 aliphatic heterocycles. The van der Waals surface area contributed by atoms with Crippen LogP contribution in [-0.2, 0) is 10.0 Å². The van der Waals surface area contributed by atoms with Gasteiger partial charge in [-0.25, -0.2) is 12.7 Å². The fraction of sp³-hybridized carbons (Fsp3) is 0.643. The lowest BCUT2D eigenvalue weighted by Crippen LogP contribution is -2.39. The first-order chi connectivity index (χ1) is 9.53. The molecule has 6 heteroatoms. The second-order valence-corrected chi connectivity index (χ2v) is 7.77. The van der Waals surface area contributed by atoms with E-state index in [4.69, 9.17) is 11.6 Å². The maximum Gasteiger partial charge on any atom is 0.214 e. The normalized spacial score (nSPS) is 18.3. The van der Waals surface area contributed by atoms with E-state index in [9.17, 15) is 8.42 Å². The van der Waals surface area contributed by atoms with Crippen LogP contribution in [0.2, 0.25) is 5.02 Å². The van der Waals surface area contributed by atoms with E-state index in [0.717, 1.165) is 31.4 Å². The lowest BCUT2D eigenvalue weighted by molar-refractivity contribution is 0.316. The molecule has 0 saturated carbocycles. The summed E-state index contributed by atoms with van der Waals surface area (Å²) in [4.78, 5) is 4.34. The molecule has 1 saturated heterocycles. The van der Waals surface area contributed by atoms with Crippen LogP contribution in [0.1, 0.15) is 44.2 Å². The number of halogens is 1. The maximum absolute atomic E-state index is 12.1. The number of unbranched alkanes of at least 4 members (excludes halogenated alkanes) is 1. The average molecular weight is 317 g/mol. The highest BCUT2D eigenvalue weighted by atomic mass is 35.5. The molecular formula is C14H21ClN2O2S. The first-order valence-electron chi connectivity index (χ1n) is 7.12. The van der Waals surface area contributed by atoms with Gasteiger partial charge in [-0.05, 0) is 31.4 Å². The zero-order valence-electron chi connectivity index (χ0n) is 11.8. The Labute approximate surface area is 126 Å². The molecule has 1 fully saturated rings. The Morgan fingerprint density at radius 1 is 1.35 bits per heavy atom. The van der Waals surface area contributed by atoms with E-state index < -0.39 is 10.0 Å². The lowest BCUT2D eigenvalue weighted by atomic mass is 9.94. The average Bonchev–Trinajstić information content (AvgIpc) is 2.46. The van der Waals surface area contributed by atoms with Crippen LogP contribution in [0.25, 0.3) is 0 Å². The number of aromatic nitrogens is 1. The van der Waals surface area contributed by atoms with E-state index in [2.05, 4.69) is 4.98 Å². The minimum atomic E-state index is -3.07. The zero-order valence-corrected chi connectivity index (χ0v) is 13.3. The van der Waals surface area contributed by atoms with Gasteiger partial charge in [0, 0.05) is 30.9 Å². The van der Waals surface area contributed by atoms with E-state index in [0.29, 0.717) is 24.0 Å². The highest BCUT2D eigenvalue weighted by Crippen LogP contribution is 2.28. The van der Waals surface area contributed by atoms with Crippen molar-refractivity contribution in [3.8, 4) is 0 Å². The minimum Gasteiger partial charge on any atom is -0.259 e. The van der Waals surface area contributed by atoms with E-state index in [1.54, 1.807) is 10.5 Å². The topological polar surface area (TPSA) is 50.3 Å². The van der Waals surface area contributed by atoms with Gasteiger partial charge < -0.3 is 0 Å². The second-order valence-electron chi connectivity index (χ2n) is 5.24. The van der Waals surface area contributed by atoms with Gasteiger partial charge >= 0.3 is 0 Å². The highest BCUT2D eigenvalue weighted by molar-refractivity contribution is 7.89. The molecule has 0 atom stereocenters. The first kappa shape index (κ1) is 15.7. The summed E-state index contributed by atoms with van der Waals surface area (Å²) in [5, 5.41) is 0.633. The molecule has 0 N–H and O–H groups in total. The number of piperidine rings is 1. The molecule has 2 rings (SSSR count). The SMILES string of the molecule is CCCCS(=O)(=O)N1CCC(c2ccc(Cl)cn2)CC1. The Kier molecular flexibility index (Phi) is 5.41. The first-order valence-corrected chi connectivity index (χ1v) is 9.11. The lowest BCUT2D eigenvalue weighted by Gasteiger charge is -2.31. The summed E-state index contributed by atoms with van der Waals surface area (Å²) >= 11 is 5.83. The van der Waals surface area contributed by atoms with Gasteiger partial charge in [-0.15, -0.1) is 0 Å². The molecule has 2 heterocycles. The van der Waals surface area contributed by atoms with E-state index in [-0.39, 0.29) is 5.75 Å².